The van der Waals surface area contributed by atoms with E-state index in [9.17, 15) is 4.39 Å². The fraction of sp³-hybridized carbons (Fsp3) is 0.667. The van der Waals surface area contributed by atoms with E-state index in [4.69, 9.17) is 0 Å². The van der Waals surface area contributed by atoms with Gasteiger partial charge in [0.15, 0.2) is 0 Å². The normalized spacial score (nSPS) is 29.0. The Morgan fingerprint density at radius 2 is 2.19 bits per heavy atom. The smallest absolute Gasteiger partial charge is 0.129 e. The van der Waals surface area contributed by atoms with Crippen LogP contribution in [0.1, 0.15) is 57.1 Å². The molecule has 0 spiro atoms. The Labute approximate surface area is 135 Å². The second kappa shape index (κ2) is 6.78. The van der Waals surface area contributed by atoms with Gasteiger partial charge in [-0.3, -0.25) is 0 Å². The van der Waals surface area contributed by atoms with Gasteiger partial charge in [-0.1, -0.05) is 35.3 Å². The van der Waals surface area contributed by atoms with Crippen molar-refractivity contribution in [2.75, 3.05) is 6.54 Å². The van der Waals surface area contributed by atoms with Gasteiger partial charge in [0.2, 0.25) is 0 Å². The summed E-state index contributed by atoms with van der Waals surface area (Å²) in [6.45, 7) is 3.13. The molecule has 2 aliphatic carbocycles. The van der Waals surface area contributed by atoms with Crippen molar-refractivity contribution in [3.63, 3.8) is 0 Å². The Bertz CT molecular complexity index is 490. The van der Waals surface area contributed by atoms with Gasteiger partial charge >= 0.3 is 0 Å². The Balaban J connectivity index is 1.74. The van der Waals surface area contributed by atoms with Crippen LogP contribution in [0.2, 0.25) is 0 Å². The molecule has 0 amide bonds. The Morgan fingerprint density at radius 3 is 2.81 bits per heavy atom. The molecule has 0 radical (unpaired) electrons. The Hall–Kier alpha value is -0.410. The molecule has 4 unspecified atom stereocenters. The summed E-state index contributed by atoms with van der Waals surface area (Å²) in [6, 6.07) is 5.67. The summed E-state index contributed by atoms with van der Waals surface area (Å²) in [4.78, 5) is 0. The molecule has 0 heterocycles. The van der Waals surface area contributed by atoms with Crippen LogP contribution in [-0.2, 0) is 0 Å². The first-order chi connectivity index (χ1) is 10.2. The van der Waals surface area contributed by atoms with Crippen LogP contribution < -0.4 is 5.32 Å². The molecule has 1 aromatic rings. The number of fused-ring (bicyclic) bond motifs is 2. The highest BCUT2D eigenvalue weighted by Gasteiger charge is 2.40. The van der Waals surface area contributed by atoms with E-state index in [0.29, 0.717) is 0 Å². The SMILES string of the molecule is CCCNC(CC1CC2CCC1C2)c1ccc(Br)cc1F. The number of nitrogens with one attached hydrogen (secondary N) is 1. The van der Waals surface area contributed by atoms with Crippen LogP contribution in [0.3, 0.4) is 0 Å². The molecular formula is C18H25BrFN. The first kappa shape index (κ1) is 15.5. The lowest BCUT2D eigenvalue weighted by Gasteiger charge is -2.28. The zero-order valence-corrected chi connectivity index (χ0v) is 14.3. The van der Waals surface area contributed by atoms with Crippen LogP contribution in [0, 0.1) is 23.6 Å². The summed E-state index contributed by atoms with van der Waals surface area (Å²) in [6.07, 6.45) is 7.81. The van der Waals surface area contributed by atoms with E-state index in [2.05, 4.69) is 28.2 Å². The second-order valence-corrected chi connectivity index (χ2v) is 7.76. The molecule has 116 valence electrons. The summed E-state index contributed by atoms with van der Waals surface area (Å²) in [7, 11) is 0. The van der Waals surface area contributed by atoms with E-state index in [1.165, 1.54) is 25.7 Å². The highest BCUT2D eigenvalue weighted by molar-refractivity contribution is 9.10. The van der Waals surface area contributed by atoms with Crippen molar-refractivity contribution in [3.05, 3.63) is 34.1 Å². The lowest BCUT2D eigenvalue weighted by molar-refractivity contribution is 0.276. The van der Waals surface area contributed by atoms with E-state index >= 15 is 0 Å². The van der Waals surface area contributed by atoms with Crippen molar-refractivity contribution in [2.45, 2.75) is 51.5 Å². The van der Waals surface area contributed by atoms with E-state index in [-0.39, 0.29) is 11.9 Å². The van der Waals surface area contributed by atoms with Crippen LogP contribution >= 0.6 is 15.9 Å². The fourth-order valence-corrected chi connectivity index (χ4v) is 4.72. The number of halogens is 2. The number of benzene rings is 1. The molecule has 2 aliphatic rings. The monoisotopic (exact) mass is 353 g/mol. The minimum absolute atomic E-state index is 0.0823. The van der Waals surface area contributed by atoms with Crippen molar-refractivity contribution < 1.29 is 4.39 Å². The third-order valence-electron chi connectivity index (χ3n) is 5.40. The standard InChI is InChI=1S/C18H25BrFN/c1-2-7-21-18(16-6-5-15(19)11-17(16)20)10-14-9-12-3-4-13(14)8-12/h5-6,11-14,18,21H,2-4,7-10H2,1H3. The number of hydrogen-bond acceptors (Lipinski definition) is 1. The average Bonchev–Trinajstić information content (AvgIpc) is 3.06. The van der Waals surface area contributed by atoms with Gasteiger partial charge in [0.05, 0.1) is 0 Å². The van der Waals surface area contributed by atoms with E-state index in [1.54, 1.807) is 6.07 Å². The minimum atomic E-state index is -0.0823. The quantitative estimate of drug-likeness (QED) is 0.716. The third kappa shape index (κ3) is 3.50. The topological polar surface area (TPSA) is 12.0 Å². The Morgan fingerprint density at radius 1 is 1.33 bits per heavy atom. The van der Waals surface area contributed by atoms with Crippen LogP contribution in [0.5, 0.6) is 0 Å². The number of hydrogen-bond donors (Lipinski definition) is 1. The van der Waals surface area contributed by atoms with E-state index < -0.39 is 0 Å². The molecule has 0 aliphatic heterocycles. The van der Waals surface area contributed by atoms with Crippen LogP contribution in [0.4, 0.5) is 4.39 Å². The molecule has 2 fully saturated rings. The fourth-order valence-electron chi connectivity index (χ4n) is 4.39. The molecule has 3 rings (SSSR count). The van der Waals surface area contributed by atoms with E-state index in [0.717, 1.165) is 47.2 Å². The summed E-state index contributed by atoms with van der Waals surface area (Å²) in [5.74, 6) is 2.57. The molecule has 3 heteroatoms. The van der Waals surface area contributed by atoms with Gasteiger partial charge in [0, 0.05) is 16.1 Å². The van der Waals surface area contributed by atoms with Crippen LogP contribution in [-0.4, -0.2) is 6.54 Å². The maximum atomic E-state index is 14.3. The molecule has 1 N–H and O–H groups in total. The third-order valence-corrected chi connectivity index (χ3v) is 5.89. The van der Waals surface area contributed by atoms with Gasteiger partial charge in [-0.25, -0.2) is 4.39 Å². The second-order valence-electron chi connectivity index (χ2n) is 6.84. The molecule has 1 aromatic carbocycles. The van der Waals surface area contributed by atoms with Crippen molar-refractivity contribution in [1.29, 1.82) is 0 Å². The van der Waals surface area contributed by atoms with Crippen molar-refractivity contribution in [1.82, 2.24) is 5.32 Å². The highest BCUT2D eigenvalue weighted by atomic mass is 79.9. The summed E-state index contributed by atoms with van der Waals surface area (Å²) >= 11 is 3.35. The van der Waals surface area contributed by atoms with E-state index in [1.807, 2.05) is 12.1 Å². The van der Waals surface area contributed by atoms with Crippen molar-refractivity contribution in [3.8, 4) is 0 Å². The molecule has 0 aromatic heterocycles. The summed E-state index contributed by atoms with van der Waals surface area (Å²) in [5, 5.41) is 3.58. The highest BCUT2D eigenvalue weighted by Crippen LogP contribution is 2.51. The summed E-state index contributed by atoms with van der Waals surface area (Å²) < 4.78 is 15.1. The summed E-state index contributed by atoms with van der Waals surface area (Å²) in [5.41, 5.74) is 0.842. The average molecular weight is 354 g/mol. The first-order valence-corrected chi connectivity index (χ1v) is 9.15. The van der Waals surface area contributed by atoms with Crippen LogP contribution in [0.15, 0.2) is 22.7 Å². The van der Waals surface area contributed by atoms with Crippen molar-refractivity contribution in [2.24, 2.45) is 17.8 Å². The molecule has 2 saturated carbocycles. The zero-order valence-electron chi connectivity index (χ0n) is 12.7. The number of rotatable bonds is 6. The predicted octanol–water partition coefficient (Wildman–Crippen LogP) is 5.46. The molecule has 0 saturated heterocycles. The molecule has 21 heavy (non-hydrogen) atoms. The molecule has 2 bridgehead atoms. The minimum Gasteiger partial charge on any atom is -0.310 e. The maximum Gasteiger partial charge on any atom is 0.129 e. The van der Waals surface area contributed by atoms with Gasteiger partial charge in [-0.2, -0.15) is 0 Å². The van der Waals surface area contributed by atoms with Gasteiger partial charge in [-0.05, 0) is 68.5 Å². The van der Waals surface area contributed by atoms with Gasteiger partial charge < -0.3 is 5.32 Å². The largest absolute Gasteiger partial charge is 0.310 e. The molecular weight excluding hydrogens is 329 g/mol. The molecule has 1 nitrogen and oxygen atoms in total. The van der Waals surface area contributed by atoms with Crippen molar-refractivity contribution >= 4 is 15.9 Å². The first-order valence-electron chi connectivity index (χ1n) is 8.35. The lowest BCUT2D eigenvalue weighted by atomic mass is 9.82. The van der Waals surface area contributed by atoms with Gasteiger partial charge in [0.25, 0.3) is 0 Å². The van der Waals surface area contributed by atoms with Crippen LogP contribution in [0.25, 0.3) is 0 Å². The Kier molecular flexibility index (Phi) is 5.00. The lowest BCUT2D eigenvalue weighted by Crippen LogP contribution is -2.27. The zero-order chi connectivity index (χ0) is 14.8. The van der Waals surface area contributed by atoms with Gasteiger partial charge in [-0.15, -0.1) is 0 Å². The maximum absolute atomic E-state index is 14.3. The molecule has 4 atom stereocenters. The predicted molar refractivity (Wildman–Crippen MR) is 88.7 cm³/mol. The van der Waals surface area contributed by atoms with Gasteiger partial charge in [0.1, 0.15) is 5.82 Å².